The van der Waals surface area contributed by atoms with Gasteiger partial charge in [-0.2, -0.15) is 0 Å². The maximum atomic E-state index is 13.5. The van der Waals surface area contributed by atoms with E-state index in [2.05, 4.69) is 5.32 Å². The fourth-order valence-corrected chi connectivity index (χ4v) is 4.61. The van der Waals surface area contributed by atoms with Crippen LogP contribution in [-0.4, -0.2) is 50.0 Å². The number of halogens is 3. The summed E-state index contributed by atoms with van der Waals surface area (Å²) in [7, 11) is -3.92. The Morgan fingerprint density at radius 2 is 1.68 bits per heavy atom. The smallest absolute Gasteiger partial charge is 0.244 e. The summed E-state index contributed by atoms with van der Waals surface area (Å²) in [4.78, 5) is 27.7. The van der Waals surface area contributed by atoms with Crippen molar-refractivity contribution in [3.05, 3.63) is 63.1 Å². The predicted molar refractivity (Wildman–Crippen MR) is 138 cm³/mol. The summed E-state index contributed by atoms with van der Waals surface area (Å²) in [5, 5.41) is 3.66. The van der Waals surface area contributed by atoms with Gasteiger partial charge in [-0.05, 0) is 50.1 Å². The third-order valence-electron chi connectivity index (χ3n) is 5.32. The fourth-order valence-electron chi connectivity index (χ4n) is 3.13. The van der Waals surface area contributed by atoms with Gasteiger partial charge in [0.05, 0.1) is 17.0 Å². The number of carbonyl (C=O) groups excluding carboxylic acids is 2. The van der Waals surface area contributed by atoms with E-state index in [0.29, 0.717) is 17.0 Å². The minimum Gasteiger partial charge on any atom is -0.352 e. The second-order valence-electron chi connectivity index (χ2n) is 7.97. The predicted octanol–water partition coefficient (Wildman–Crippen LogP) is 4.74. The highest BCUT2D eigenvalue weighted by molar-refractivity contribution is 7.92. The Kier molecular flexibility index (Phi) is 10.1. The van der Waals surface area contributed by atoms with E-state index in [9.17, 15) is 18.0 Å². The molecule has 0 bridgehead atoms. The molecule has 0 aliphatic rings. The van der Waals surface area contributed by atoms with Gasteiger partial charge in [0.25, 0.3) is 0 Å². The number of carbonyl (C=O) groups is 2. The molecule has 2 amide bonds. The second-order valence-corrected chi connectivity index (χ2v) is 11.1. The van der Waals surface area contributed by atoms with Crippen molar-refractivity contribution in [2.24, 2.45) is 0 Å². The number of nitrogens with zero attached hydrogens (tertiary/aromatic N) is 2. The lowest BCUT2D eigenvalue weighted by Crippen LogP contribution is -2.52. The van der Waals surface area contributed by atoms with Gasteiger partial charge in [0.1, 0.15) is 12.6 Å². The van der Waals surface area contributed by atoms with E-state index in [1.165, 1.54) is 23.1 Å². The standard InChI is InChI=1S/C23H28Cl3N3O4S/c1-5-15(2)27-23(31)16(3)28(13-17-8-6-7-9-19(17)25)22(30)14-29(34(4,32)33)21-12-18(24)10-11-20(21)26/h6-12,15-16H,5,13-14H2,1-4H3,(H,27,31). The summed E-state index contributed by atoms with van der Waals surface area (Å²) in [5.41, 5.74) is 0.687. The van der Waals surface area contributed by atoms with Crippen LogP contribution in [0.25, 0.3) is 0 Å². The van der Waals surface area contributed by atoms with Crippen LogP contribution >= 0.6 is 34.8 Å². The number of amides is 2. The molecule has 186 valence electrons. The van der Waals surface area contributed by atoms with Crippen molar-refractivity contribution in [1.29, 1.82) is 0 Å². The summed E-state index contributed by atoms with van der Waals surface area (Å²) in [5.74, 6) is -0.963. The Balaban J connectivity index is 2.45. The lowest BCUT2D eigenvalue weighted by atomic mass is 10.1. The van der Waals surface area contributed by atoms with E-state index in [1.54, 1.807) is 31.2 Å². The molecule has 0 saturated heterocycles. The van der Waals surface area contributed by atoms with E-state index in [1.807, 2.05) is 13.8 Å². The van der Waals surface area contributed by atoms with Crippen molar-refractivity contribution in [2.45, 2.75) is 45.8 Å². The van der Waals surface area contributed by atoms with Crippen LogP contribution in [0.15, 0.2) is 42.5 Å². The number of sulfonamides is 1. The Bertz CT molecular complexity index is 1140. The van der Waals surface area contributed by atoms with Gasteiger partial charge in [-0.1, -0.05) is 59.9 Å². The van der Waals surface area contributed by atoms with Crippen molar-refractivity contribution in [3.8, 4) is 0 Å². The van der Waals surface area contributed by atoms with Crippen molar-refractivity contribution in [3.63, 3.8) is 0 Å². The highest BCUT2D eigenvalue weighted by atomic mass is 35.5. The van der Waals surface area contributed by atoms with E-state index in [0.717, 1.165) is 10.6 Å². The first-order chi connectivity index (χ1) is 15.8. The molecule has 1 N–H and O–H groups in total. The fraction of sp³-hybridized carbons (Fsp3) is 0.391. The molecule has 2 atom stereocenters. The topological polar surface area (TPSA) is 86.8 Å². The van der Waals surface area contributed by atoms with Crippen LogP contribution < -0.4 is 9.62 Å². The molecule has 0 aliphatic heterocycles. The van der Waals surface area contributed by atoms with Gasteiger partial charge in [0.2, 0.25) is 21.8 Å². The van der Waals surface area contributed by atoms with Gasteiger partial charge in [-0.3, -0.25) is 13.9 Å². The maximum absolute atomic E-state index is 13.5. The Hall–Kier alpha value is -2.00. The molecule has 2 rings (SSSR count). The number of rotatable bonds is 10. The van der Waals surface area contributed by atoms with E-state index in [4.69, 9.17) is 34.8 Å². The van der Waals surface area contributed by atoms with Crippen LogP contribution in [0.4, 0.5) is 5.69 Å². The Labute approximate surface area is 216 Å². The highest BCUT2D eigenvalue weighted by Gasteiger charge is 2.31. The third-order valence-corrected chi connectivity index (χ3v) is 7.37. The minimum atomic E-state index is -3.92. The number of hydrogen-bond acceptors (Lipinski definition) is 4. The molecule has 2 unspecified atom stereocenters. The first-order valence-electron chi connectivity index (χ1n) is 10.6. The molecule has 7 nitrogen and oxygen atoms in total. The van der Waals surface area contributed by atoms with Crippen molar-refractivity contribution < 1.29 is 18.0 Å². The average molecular weight is 549 g/mol. The van der Waals surface area contributed by atoms with E-state index in [-0.39, 0.29) is 34.2 Å². The van der Waals surface area contributed by atoms with Gasteiger partial charge in [-0.25, -0.2) is 8.42 Å². The highest BCUT2D eigenvalue weighted by Crippen LogP contribution is 2.31. The van der Waals surface area contributed by atoms with Crippen LogP contribution in [0.1, 0.15) is 32.8 Å². The first-order valence-corrected chi connectivity index (χ1v) is 13.6. The van der Waals surface area contributed by atoms with E-state index >= 15 is 0 Å². The van der Waals surface area contributed by atoms with Gasteiger partial charge < -0.3 is 10.2 Å². The van der Waals surface area contributed by atoms with Crippen molar-refractivity contribution >= 4 is 62.3 Å². The minimum absolute atomic E-state index is 0.00841. The lowest BCUT2D eigenvalue weighted by Gasteiger charge is -2.32. The van der Waals surface area contributed by atoms with Gasteiger partial charge in [-0.15, -0.1) is 0 Å². The van der Waals surface area contributed by atoms with Crippen LogP contribution in [0.3, 0.4) is 0 Å². The summed E-state index contributed by atoms with van der Waals surface area (Å²) < 4.78 is 26.1. The van der Waals surface area contributed by atoms with Crippen LogP contribution in [-0.2, 0) is 26.2 Å². The molecule has 34 heavy (non-hydrogen) atoms. The monoisotopic (exact) mass is 547 g/mol. The van der Waals surface area contributed by atoms with Gasteiger partial charge >= 0.3 is 0 Å². The number of benzene rings is 2. The van der Waals surface area contributed by atoms with Gasteiger partial charge in [0.15, 0.2) is 0 Å². The van der Waals surface area contributed by atoms with Crippen molar-refractivity contribution in [2.75, 3.05) is 17.1 Å². The lowest BCUT2D eigenvalue weighted by molar-refractivity contribution is -0.139. The third kappa shape index (κ3) is 7.50. The Morgan fingerprint density at radius 1 is 1.03 bits per heavy atom. The summed E-state index contributed by atoms with van der Waals surface area (Å²) in [6, 6.07) is 10.3. The number of anilines is 1. The molecule has 0 spiro atoms. The zero-order valence-corrected chi connectivity index (χ0v) is 22.5. The van der Waals surface area contributed by atoms with Crippen LogP contribution in [0, 0.1) is 0 Å². The molecule has 0 aliphatic carbocycles. The molecule has 0 radical (unpaired) electrons. The summed E-state index contributed by atoms with van der Waals surface area (Å²) in [6.07, 6.45) is 1.68. The molecule has 0 heterocycles. The number of nitrogens with one attached hydrogen (secondary N) is 1. The van der Waals surface area contributed by atoms with E-state index < -0.39 is 28.5 Å². The van der Waals surface area contributed by atoms with Gasteiger partial charge in [0, 0.05) is 22.6 Å². The zero-order chi connectivity index (χ0) is 25.6. The first kappa shape index (κ1) is 28.2. The molecule has 0 fully saturated rings. The summed E-state index contributed by atoms with van der Waals surface area (Å²) >= 11 is 18.6. The Morgan fingerprint density at radius 3 is 2.26 bits per heavy atom. The molecule has 2 aromatic carbocycles. The quantitative estimate of drug-likeness (QED) is 0.464. The molecule has 0 saturated carbocycles. The van der Waals surface area contributed by atoms with Crippen LogP contribution in [0.2, 0.25) is 15.1 Å². The van der Waals surface area contributed by atoms with Crippen LogP contribution in [0.5, 0.6) is 0 Å². The molecule has 11 heteroatoms. The SMILES string of the molecule is CCC(C)NC(=O)C(C)N(Cc1ccccc1Cl)C(=O)CN(c1cc(Cl)ccc1Cl)S(C)(=O)=O. The zero-order valence-electron chi connectivity index (χ0n) is 19.4. The second kappa shape index (κ2) is 12.1. The summed E-state index contributed by atoms with van der Waals surface area (Å²) in [6.45, 7) is 4.81. The largest absolute Gasteiger partial charge is 0.352 e. The maximum Gasteiger partial charge on any atom is 0.244 e. The molecule has 0 aromatic heterocycles. The average Bonchev–Trinajstić information content (AvgIpc) is 2.77. The normalized spacial score (nSPS) is 13.1. The van der Waals surface area contributed by atoms with Crippen molar-refractivity contribution in [1.82, 2.24) is 10.2 Å². The number of hydrogen-bond donors (Lipinski definition) is 1. The molecular formula is C23H28Cl3N3O4S. The molecule has 2 aromatic rings. The molecular weight excluding hydrogens is 521 g/mol.